The maximum Gasteiger partial charge on any atom is 0.469 e. The van der Waals surface area contributed by atoms with Crippen LogP contribution in [0, 0.1) is 0 Å². The Balaban J connectivity index is 2.08. The van der Waals surface area contributed by atoms with Crippen molar-refractivity contribution in [3.8, 4) is 0 Å². The van der Waals surface area contributed by atoms with Gasteiger partial charge in [-0.25, -0.2) is 4.57 Å². The first-order chi connectivity index (χ1) is 11.2. The zero-order valence-electron chi connectivity index (χ0n) is 12.6. The predicted octanol–water partition coefficient (Wildman–Crippen LogP) is 0.0579. The van der Waals surface area contributed by atoms with Crippen LogP contribution in [0.4, 0.5) is 0 Å². The van der Waals surface area contributed by atoms with Gasteiger partial charge in [0.25, 0.3) is 0 Å². The normalized spacial score (nSPS) is 25.4. The summed E-state index contributed by atoms with van der Waals surface area (Å²) in [5, 5.41) is 7.82. The van der Waals surface area contributed by atoms with Gasteiger partial charge >= 0.3 is 7.82 Å². The lowest BCUT2D eigenvalue weighted by Gasteiger charge is -2.12. The van der Waals surface area contributed by atoms with Crippen LogP contribution in [-0.4, -0.2) is 72.9 Å². The summed E-state index contributed by atoms with van der Waals surface area (Å²) in [6.07, 6.45) is 1.57. The molecule has 1 unspecified atom stereocenters. The lowest BCUT2D eigenvalue weighted by atomic mass is 10.4. The van der Waals surface area contributed by atoms with Gasteiger partial charge in [-0.2, -0.15) is 0 Å². The molecule has 0 aromatic rings. The van der Waals surface area contributed by atoms with Crippen molar-refractivity contribution in [2.75, 3.05) is 26.0 Å². The van der Waals surface area contributed by atoms with Crippen molar-refractivity contribution in [3.63, 3.8) is 0 Å². The average molecular weight is 394 g/mol. The van der Waals surface area contributed by atoms with E-state index in [2.05, 4.69) is 21.3 Å². The number of phosphoric acid groups is 1. The molecule has 0 aromatic heterocycles. The Kier molecular flexibility index (Phi) is 6.23. The van der Waals surface area contributed by atoms with Crippen LogP contribution in [-0.2, 0) is 18.7 Å². The van der Waals surface area contributed by atoms with Crippen LogP contribution in [0.1, 0.15) is 0 Å². The van der Waals surface area contributed by atoms with Crippen molar-refractivity contribution in [2.45, 2.75) is 5.25 Å². The standard InChI is InChI=1S/C11H15N4O6PS2/c1-3-4-15-8(16)6-23-11(15)13-12-10-14(2)9(17)7(24-10)5-21-22(18,19)20/h3,7H,1,4-6H2,2H3,(H2,18,19,20). The molecule has 2 aliphatic rings. The first-order valence-corrected chi connectivity index (χ1v) is 9.96. The minimum Gasteiger partial charge on any atom is -0.303 e. The van der Waals surface area contributed by atoms with Crippen LogP contribution in [0.25, 0.3) is 0 Å². The van der Waals surface area contributed by atoms with Gasteiger partial charge in [0.2, 0.25) is 11.8 Å². The van der Waals surface area contributed by atoms with Gasteiger partial charge in [-0.05, 0) is 0 Å². The zero-order chi connectivity index (χ0) is 17.9. The van der Waals surface area contributed by atoms with Crippen LogP contribution >= 0.6 is 31.3 Å². The van der Waals surface area contributed by atoms with Crippen LogP contribution < -0.4 is 0 Å². The van der Waals surface area contributed by atoms with E-state index in [-0.39, 0.29) is 16.8 Å². The van der Waals surface area contributed by atoms with Crippen LogP contribution in [0.2, 0.25) is 0 Å². The Morgan fingerprint density at radius 1 is 1.42 bits per heavy atom. The van der Waals surface area contributed by atoms with Crippen molar-refractivity contribution >= 4 is 53.5 Å². The zero-order valence-corrected chi connectivity index (χ0v) is 15.1. The molecule has 10 nitrogen and oxygen atoms in total. The molecule has 2 amide bonds. The van der Waals surface area contributed by atoms with Gasteiger partial charge in [0.05, 0.1) is 12.4 Å². The fourth-order valence-electron chi connectivity index (χ4n) is 1.79. The van der Waals surface area contributed by atoms with Crippen LogP contribution in [0.5, 0.6) is 0 Å². The monoisotopic (exact) mass is 394 g/mol. The molecule has 2 N–H and O–H groups in total. The quantitative estimate of drug-likeness (QED) is 0.367. The Morgan fingerprint density at radius 3 is 2.71 bits per heavy atom. The number of hydrogen-bond donors (Lipinski definition) is 2. The lowest BCUT2D eigenvalue weighted by molar-refractivity contribution is -0.126. The molecular formula is C11H15N4O6PS2. The summed E-state index contributed by atoms with van der Waals surface area (Å²) in [6.45, 7) is 3.45. The summed E-state index contributed by atoms with van der Waals surface area (Å²) in [6, 6.07) is 0. The van der Waals surface area contributed by atoms with Crippen LogP contribution in [0.15, 0.2) is 22.9 Å². The number of rotatable bonds is 6. The Labute approximate surface area is 146 Å². The number of thioether (sulfide) groups is 2. The third kappa shape index (κ3) is 4.68. The Hall–Kier alpha value is -1.17. The van der Waals surface area contributed by atoms with Crippen molar-refractivity contribution in [3.05, 3.63) is 12.7 Å². The molecule has 0 aromatic carbocycles. The molecule has 0 bridgehead atoms. The molecule has 2 saturated heterocycles. The van der Waals surface area contributed by atoms with E-state index in [9.17, 15) is 14.2 Å². The second-order valence-corrected chi connectivity index (χ2v) is 7.99. The van der Waals surface area contributed by atoms with E-state index in [4.69, 9.17) is 9.79 Å². The number of phosphoric ester groups is 1. The number of amides is 2. The maximum absolute atomic E-state index is 12.0. The van der Waals surface area contributed by atoms with Gasteiger partial charge in [0.15, 0.2) is 10.3 Å². The Bertz CT molecular complexity index is 663. The summed E-state index contributed by atoms with van der Waals surface area (Å²) in [7, 11) is -3.18. The number of carbonyl (C=O) groups is 2. The summed E-state index contributed by atoms with van der Waals surface area (Å²) in [4.78, 5) is 43.7. The molecular weight excluding hydrogens is 379 g/mol. The van der Waals surface area contributed by atoms with Gasteiger partial charge in [-0.3, -0.25) is 23.9 Å². The number of hydrogen-bond acceptors (Lipinski definition) is 8. The number of nitrogens with zero attached hydrogens (tertiary/aromatic N) is 4. The molecule has 0 radical (unpaired) electrons. The van der Waals surface area contributed by atoms with Crippen molar-refractivity contribution < 1.29 is 28.5 Å². The highest BCUT2D eigenvalue weighted by molar-refractivity contribution is 8.15. The van der Waals surface area contributed by atoms with Gasteiger partial charge in [0.1, 0.15) is 5.25 Å². The van der Waals surface area contributed by atoms with Gasteiger partial charge < -0.3 is 9.79 Å². The maximum atomic E-state index is 12.0. The summed E-state index contributed by atoms with van der Waals surface area (Å²) < 4.78 is 15.1. The molecule has 24 heavy (non-hydrogen) atoms. The topological polar surface area (TPSA) is 132 Å². The largest absolute Gasteiger partial charge is 0.469 e. The summed E-state index contributed by atoms with van der Waals surface area (Å²) in [5.74, 6) is -0.237. The summed E-state index contributed by atoms with van der Waals surface area (Å²) in [5.41, 5.74) is 0. The molecule has 132 valence electrons. The molecule has 2 heterocycles. The molecule has 2 rings (SSSR count). The molecule has 0 saturated carbocycles. The number of amidine groups is 2. The smallest absolute Gasteiger partial charge is 0.303 e. The fraction of sp³-hybridized carbons (Fsp3) is 0.455. The Morgan fingerprint density at radius 2 is 2.08 bits per heavy atom. The first kappa shape index (κ1) is 19.2. The molecule has 2 aliphatic heterocycles. The van der Waals surface area contributed by atoms with E-state index in [0.29, 0.717) is 11.7 Å². The van der Waals surface area contributed by atoms with E-state index < -0.39 is 25.6 Å². The highest BCUT2D eigenvalue weighted by Gasteiger charge is 2.37. The van der Waals surface area contributed by atoms with E-state index in [1.807, 2.05) is 0 Å². The van der Waals surface area contributed by atoms with Crippen molar-refractivity contribution in [1.82, 2.24) is 9.80 Å². The van der Waals surface area contributed by atoms with E-state index in [1.165, 1.54) is 28.6 Å². The first-order valence-electron chi connectivity index (χ1n) is 6.57. The van der Waals surface area contributed by atoms with Crippen molar-refractivity contribution in [2.24, 2.45) is 10.2 Å². The molecule has 13 heteroatoms. The number of carbonyl (C=O) groups excluding carboxylic acids is 2. The molecule has 1 atom stereocenters. The van der Waals surface area contributed by atoms with Gasteiger partial charge in [0, 0.05) is 13.6 Å². The highest BCUT2D eigenvalue weighted by Crippen LogP contribution is 2.38. The van der Waals surface area contributed by atoms with E-state index >= 15 is 0 Å². The lowest BCUT2D eigenvalue weighted by Crippen LogP contribution is -2.30. The third-order valence-electron chi connectivity index (χ3n) is 2.92. The SMILES string of the molecule is C=CCN1C(=O)CSC1=NN=C1SC(COP(=O)(O)O)C(=O)N1C. The van der Waals surface area contributed by atoms with Gasteiger partial charge in [-0.15, -0.1) is 16.8 Å². The third-order valence-corrected chi connectivity index (χ3v) is 5.55. The fourth-order valence-corrected chi connectivity index (χ4v) is 4.06. The second-order valence-electron chi connectivity index (χ2n) is 4.64. The predicted molar refractivity (Wildman–Crippen MR) is 91.4 cm³/mol. The molecule has 0 spiro atoms. The van der Waals surface area contributed by atoms with Crippen molar-refractivity contribution in [1.29, 1.82) is 0 Å². The highest BCUT2D eigenvalue weighted by atomic mass is 32.2. The second kappa shape index (κ2) is 7.81. The van der Waals surface area contributed by atoms with E-state index in [0.717, 1.165) is 11.8 Å². The molecule has 2 fully saturated rings. The van der Waals surface area contributed by atoms with Crippen LogP contribution in [0.3, 0.4) is 0 Å². The van der Waals surface area contributed by atoms with E-state index in [1.54, 1.807) is 6.08 Å². The minimum absolute atomic E-state index is 0.102. The van der Waals surface area contributed by atoms with Gasteiger partial charge in [-0.1, -0.05) is 29.6 Å². The summed E-state index contributed by atoms with van der Waals surface area (Å²) >= 11 is 2.21. The average Bonchev–Trinajstić information content (AvgIpc) is 2.98. The minimum atomic E-state index is -4.65. The molecule has 0 aliphatic carbocycles.